The van der Waals surface area contributed by atoms with Crippen LogP contribution in [0.25, 0.3) is 10.2 Å². The molecule has 0 aliphatic carbocycles. The van der Waals surface area contributed by atoms with E-state index in [1.807, 2.05) is 0 Å². The van der Waals surface area contributed by atoms with Gasteiger partial charge in [0.25, 0.3) is 0 Å². The van der Waals surface area contributed by atoms with Crippen LogP contribution in [0.5, 0.6) is 5.88 Å². The number of carbonyl (C=O) groups is 2. The number of hydrogen-bond acceptors (Lipinski definition) is 8. The predicted molar refractivity (Wildman–Crippen MR) is 84.8 cm³/mol. The standard InChI is InChI=1S/C15H18N2O5S/c1-5-20-14(18)9(4)22-12-10-8(3)11(15(19)21-6-2)23-13(10)17-7-16-12/h7,9H,5-6H2,1-4H3. The fourth-order valence-corrected chi connectivity index (χ4v) is 3.03. The van der Waals surface area contributed by atoms with E-state index in [4.69, 9.17) is 14.2 Å². The number of thiophene rings is 1. The number of ether oxygens (including phenoxy) is 3. The molecule has 2 rings (SSSR count). The fourth-order valence-electron chi connectivity index (χ4n) is 2.00. The molecular weight excluding hydrogens is 320 g/mol. The van der Waals surface area contributed by atoms with Crippen LogP contribution in [0.3, 0.4) is 0 Å². The van der Waals surface area contributed by atoms with Gasteiger partial charge in [-0.25, -0.2) is 19.6 Å². The second kappa shape index (κ2) is 7.36. The van der Waals surface area contributed by atoms with Gasteiger partial charge in [0.2, 0.25) is 5.88 Å². The topological polar surface area (TPSA) is 87.6 Å². The van der Waals surface area contributed by atoms with Gasteiger partial charge < -0.3 is 14.2 Å². The van der Waals surface area contributed by atoms with Crippen LogP contribution >= 0.6 is 11.3 Å². The minimum Gasteiger partial charge on any atom is -0.463 e. The van der Waals surface area contributed by atoms with Crippen molar-refractivity contribution >= 4 is 33.5 Å². The van der Waals surface area contributed by atoms with Gasteiger partial charge in [0, 0.05) is 0 Å². The lowest BCUT2D eigenvalue weighted by molar-refractivity contribution is -0.150. The van der Waals surface area contributed by atoms with Gasteiger partial charge in [0.05, 0.1) is 18.6 Å². The Balaban J connectivity index is 2.38. The van der Waals surface area contributed by atoms with Gasteiger partial charge in [0.15, 0.2) is 6.10 Å². The third-order valence-corrected chi connectivity index (χ3v) is 4.24. The molecule has 0 saturated heterocycles. The van der Waals surface area contributed by atoms with E-state index in [1.165, 1.54) is 17.7 Å². The molecule has 8 heteroatoms. The highest BCUT2D eigenvalue weighted by Crippen LogP contribution is 2.35. The van der Waals surface area contributed by atoms with E-state index in [0.717, 1.165) is 0 Å². The summed E-state index contributed by atoms with van der Waals surface area (Å²) >= 11 is 1.21. The molecule has 23 heavy (non-hydrogen) atoms. The maximum atomic E-state index is 12.0. The summed E-state index contributed by atoms with van der Waals surface area (Å²) in [6, 6.07) is 0. The molecule has 0 amide bonds. The van der Waals surface area contributed by atoms with Crippen molar-refractivity contribution in [1.29, 1.82) is 0 Å². The van der Waals surface area contributed by atoms with Crippen LogP contribution in [-0.2, 0) is 14.3 Å². The Morgan fingerprint density at radius 2 is 1.91 bits per heavy atom. The van der Waals surface area contributed by atoms with Crippen molar-refractivity contribution in [3.05, 3.63) is 16.8 Å². The Morgan fingerprint density at radius 1 is 1.22 bits per heavy atom. The Labute approximate surface area is 137 Å². The van der Waals surface area contributed by atoms with E-state index in [2.05, 4.69) is 9.97 Å². The van der Waals surface area contributed by atoms with Crippen LogP contribution in [0.2, 0.25) is 0 Å². The first-order valence-electron chi connectivity index (χ1n) is 7.24. The predicted octanol–water partition coefficient (Wildman–Crippen LogP) is 2.51. The highest BCUT2D eigenvalue weighted by Gasteiger charge is 2.23. The van der Waals surface area contributed by atoms with E-state index in [0.29, 0.717) is 27.3 Å². The van der Waals surface area contributed by atoms with Crippen LogP contribution in [0, 0.1) is 6.92 Å². The summed E-state index contributed by atoms with van der Waals surface area (Å²) < 4.78 is 15.6. The minimum absolute atomic E-state index is 0.250. The lowest BCUT2D eigenvalue weighted by Gasteiger charge is -2.13. The van der Waals surface area contributed by atoms with E-state index < -0.39 is 18.0 Å². The first kappa shape index (κ1) is 17.1. The van der Waals surface area contributed by atoms with E-state index in [1.54, 1.807) is 27.7 Å². The van der Waals surface area contributed by atoms with Gasteiger partial charge in [-0.3, -0.25) is 0 Å². The molecule has 0 spiro atoms. The molecule has 0 radical (unpaired) electrons. The average Bonchev–Trinajstić information content (AvgIpc) is 2.86. The normalized spacial score (nSPS) is 12.0. The number of carbonyl (C=O) groups excluding carboxylic acids is 2. The van der Waals surface area contributed by atoms with Gasteiger partial charge in [-0.1, -0.05) is 0 Å². The molecular formula is C15H18N2O5S. The molecule has 7 nitrogen and oxygen atoms in total. The maximum absolute atomic E-state index is 12.0. The summed E-state index contributed by atoms with van der Waals surface area (Å²) in [6.45, 7) is 7.39. The molecule has 124 valence electrons. The largest absolute Gasteiger partial charge is 0.463 e. The first-order valence-corrected chi connectivity index (χ1v) is 8.05. The third-order valence-electron chi connectivity index (χ3n) is 3.06. The molecule has 0 aliphatic heterocycles. The second-order valence-electron chi connectivity index (χ2n) is 4.65. The number of esters is 2. The van der Waals surface area contributed by atoms with Crippen LogP contribution in [-0.4, -0.2) is 41.2 Å². The Bertz CT molecular complexity index is 728. The Kier molecular flexibility index (Phi) is 5.49. The molecule has 0 bridgehead atoms. The number of rotatable bonds is 6. The van der Waals surface area contributed by atoms with Crippen LogP contribution in [0.15, 0.2) is 6.33 Å². The summed E-state index contributed by atoms with van der Waals surface area (Å²) in [5.74, 6) is -0.630. The smallest absolute Gasteiger partial charge is 0.348 e. The molecule has 1 atom stereocenters. The number of aromatic nitrogens is 2. The van der Waals surface area contributed by atoms with E-state index >= 15 is 0 Å². The van der Waals surface area contributed by atoms with E-state index in [-0.39, 0.29) is 12.5 Å². The molecule has 2 aromatic heterocycles. The SMILES string of the molecule is CCOC(=O)c1sc2ncnc(OC(C)C(=O)OCC)c2c1C. The number of fused-ring (bicyclic) bond motifs is 1. The summed E-state index contributed by atoms with van der Waals surface area (Å²) in [7, 11) is 0. The number of aryl methyl sites for hydroxylation is 1. The molecule has 0 fully saturated rings. The zero-order chi connectivity index (χ0) is 17.0. The molecule has 0 saturated carbocycles. The molecule has 0 N–H and O–H groups in total. The van der Waals surface area contributed by atoms with Crippen LogP contribution < -0.4 is 4.74 Å². The second-order valence-corrected chi connectivity index (χ2v) is 5.65. The summed E-state index contributed by atoms with van der Waals surface area (Å²) in [6.07, 6.45) is 0.527. The van der Waals surface area contributed by atoms with Gasteiger partial charge in [-0.2, -0.15) is 0 Å². The van der Waals surface area contributed by atoms with Crippen molar-refractivity contribution in [2.24, 2.45) is 0 Å². The Morgan fingerprint density at radius 3 is 2.57 bits per heavy atom. The zero-order valence-electron chi connectivity index (χ0n) is 13.4. The van der Waals surface area contributed by atoms with Gasteiger partial charge in [-0.05, 0) is 33.3 Å². The fraction of sp³-hybridized carbons (Fsp3) is 0.467. The quantitative estimate of drug-likeness (QED) is 0.748. The Hall–Kier alpha value is -2.22. The molecule has 2 aromatic rings. The number of nitrogens with zero attached hydrogens (tertiary/aromatic N) is 2. The monoisotopic (exact) mass is 338 g/mol. The van der Waals surface area contributed by atoms with E-state index in [9.17, 15) is 9.59 Å². The van der Waals surface area contributed by atoms with Gasteiger partial charge in [0.1, 0.15) is 16.0 Å². The summed E-state index contributed by atoms with van der Waals surface area (Å²) in [5, 5.41) is 0.608. The van der Waals surface area contributed by atoms with Crippen molar-refractivity contribution in [3.63, 3.8) is 0 Å². The van der Waals surface area contributed by atoms with Crippen molar-refractivity contribution in [3.8, 4) is 5.88 Å². The molecule has 2 heterocycles. The molecule has 1 unspecified atom stereocenters. The van der Waals surface area contributed by atoms with Crippen molar-refractivity contribution in [2.45, 2.75) is 33.8 Å². The summed E-state index contributed by atoms with van der Waals surface area (Å²) in [5.41, 5.74) is 0.676. The average molecular weight is 338 g/mol. The van der Waals surface area contributed by atoms with Crippen molar-refractivity contribution < 1.29 is 23.8 Å². The molecule has 0 aliphatic rings. The highest BCUT2D eigenvalue weighted by molar-refractivity contribution is 7.20. The lowest BCUT2D eigenvalue weighted by Crippen LogP contribution is -2.26. The van der Waals surface area contributed by atoms with Crippen molar-refractivity contribution in [2.75, 3.05) is 13.2 Å². The van der Waals surface area contributed by atoms with Crippen LogP contribution in [0.4, 0.5) is 0 Å². The van der Waals surface area contributed by atoms with Crippen LogP contribution in [0.1, 0.15) is 36.0 Å². The van der Waals surface area contributed by atoms with Gasteiger partial charge in [-0.15, -0.1) is 11.3 Å². The molecule has 0 aromatic carbocycles. The minimum atomic E-state index is -0.807. The number of hydrogen-bond donors (Lipinski definition) is 0. The maximum Gasteiger partial charge on any atom is 0.348 e. The first-order chi connectivity index (χ1) is 11.0. The summed E-state index contributed by atoms with van der Waals surface area (Å²) in [4.78, 5) is 33.0. The zero-order valence-corrected chi connectivity index (χ0v) is 14.2. The van der Waals surface area contributed by atoms with Crippen molar-refractivity contribution in [1.82, 2.24) is 9.97 Å². The highest BCUT2D eigenvalue weighted by atomic mass is 32.1. The van der Waals surface area contributed by atoms with Gasteiger partial charge >= 0.3 is 11.9 Å². The lowest BCUT2D eigenvalue weighted by atomic mass is 10.2. The third kappa shape index (κ3) is 3.58.